The largest absolute Gasteiger partial charge is 0.368 e. The molecule has 3 atom stereocenters. The number of fused-ring (bicyclic) bond motifs is 5. The van der Waals surface area contributed by atoms with Crippen molar-refractivity contribution in [3.05, 3.63) is 95.6 Å². The van der Waals surface area contributed by atoms with Gasteiger partial charge < -0.3 is 9.64 Å². The zero-order chi connectivity index (χ0) is 20.6. The molecule has 31 heavy (non-hydrogen) atoms. The van der Waals surface area contributed by atoms with E-state index in [1.54, 1.807) is 0 Å². The van der Waals surface area contributed by atoms with Crippen molar-refractivity contribution in [3.8, 4) is 0 Å². The third-order valence-corrected chi connectivity index (χ3v) is 8.49. The Labute approximate surface area is 189 Å². The summed E-state index contributed by atoms with van der Waals surface area (Å²) in [6, 6.07) is 28.9. The molecule has 2 nitrogen and oxygen atoms in total. The molecule has 2 fully saturated rings. The number of benzene rings is 3. The number of ether oxygens (including phenoxy) is 1. The maximum absolute atomic E-state index is 6.79. The fourth-order valence-electron chi connectivity index (χ4n) is 5.73. The van der Waals surface area contributed by atoms with Crippen molar-refractivity contribution in [1.29, 1.82) is 0 Å². The van der Waals surface area contributed by atoms with Gasteiger partial charge in [0.25, 0.3) is 0 Å². The van der Waals surface area contributed by atoms with Crippen LogP contribution in [0.2, 0.25) is 0 Å². The van der Waals surface area contributed by atoms with Crippen molar-refractivity contribution in [2.45, 2.75) is 53.1 Å². The molecule has 158 valence electrons. The minimum absolute atomic E-state index is 0.180. The van der Waals surface area contributed by atoms with Crippen LogP contribution in [0.5, 0.6) is 0 Å². The first-order chi connectivity index (χ1) is 15.3. The summed E-state index contributed by atoms with van der Waals surface area (Å²) in [5.74, 6) is 1.17. The summed E-state index contributed by atoms with van der Waals surface area (Å²) in [7, 11) is 0. The van der Waals surface area contributed by atoms with Crippen LogP contribution < -0.4 is 0 Å². The first-order valence-corrected chi connectivity index (χ1v) is 12.5. The highest BCUT2D eigenvalue weighted by Gasteiger charge is 2.41. The zero-order valence-electron chi connectivity index (χ0n) is 17.8. The molecule has 3 heteroatoms. The highest BCUT2D eigenvalue weighted by molar-refractivity contribution is 7.99. The van der Waals surface area contributed by atoms with Gasteiger partial charge in [0.15, 0.2) is 0 Å². The molecule has 0 radical (unpaired) electrons. The van der Waals surface area contributed by atoms with Crippen LogP contribution in [0.25, 0.3) is 0 Å². The average molecular weight is 428 g/mol. The Bertz CT molecular complexity index is 990. The number of rotatable bonds is 3. The Morgan fingerprint density at radius 2 is 1.42 bits per heavy atom. The molecule has 0 saturated carbocycles. The molecule has 2 saturated heterocycles. The molecular weight excluding hydrogens is 398 g/mol. The third kappa shape index (κ3) is 3.84. The minimum atomic E-state index is 0.180. The van der Waals surface area contributed by atoms with Crippen molar-refractivity contribution in [2.75, 3.05) is 19.6 Å². The van der Waals surface area contributed by atoms with Crippen LogP contribution in [0.3, 0.4) is 0 Å². The summed E-state index contributed by atoms with van der Waals surface area (Å²) in [4.78, 5) is 5.39. The molecule has 0 spiro atoms. The van der Waals surface area contributed by atoms with E-state index < -0.39 is 0 Å². The van der Waals surface area contributed by atoms with Crippen LogP contribution in [0.1, 0.15) is 53.9 Å². The van der Waals surface area contributed by atoms with E-state index >= 15 is 0 Å². The van der Waals surface area contributed by atoms with E-state index in [1.165, 1.54) is 52.4 Å². The van der Waals surface area contributed by atoms with Gasteiger partial charge in [0.1, 0.15) is 0 Å². The van der Waals surface area contributed by atoms with E-state index in [9.17, 15) is 0 Å². The Kier molecular flexibility index (Phi) is 5.35. The highest BCUT2D eigenvalue weighted by Crippen LogP contribution is 2.53. The monoisotopic (exact) mass is 427 g/mol. The normalized spacial score (nSPS) is 26.0. The molecule has 3 aliphatic rings. The van der Waals surface area contributed by atoms with E-state index in [2.05, 4.69) is 83.8 Å². The molecule has 0 amide bonds. The number of hydrogen-bond donors (Lipinski definition) is 0. The number of piperidine rings is 1. The second-order valence-electron chi connectivity index (χ2n) is 9.18. The van der Waals surface area contributed by atoms with Crippen molar-refractivity contribution in [2.24, 2.45) is 0 Å². The van der Waals surface area contributed by atoms with Crippen molar-refractivity contribution >= 4 is 11.8 Å². The van der Waals surface area contributed by atoms with Gasteiger partial charge in [-0.15, -0.1) is 0 Å². The Morgan fingerprint density at radius 3 is 2.19 bits per heavy atom. The van der Waals surface area contributed by atoms with E-state index in [0.717, 1.165) is 13.0 Å². The van der Waals surface area contributed by atoms with Gasteiger partial charge in [0.05, 0.1) is 12.2 Å². The summed E-state index contributed by atoms with van der Waals surface area (Å²) >= 11 is 1.90. The summed E-state index contributed by atoms with van der Waals surface area (Å²) in [6.45, 7) is 3.42. The molecule has 3 aromatic rings. The SMILES string of the molecule is c1ccc(C2CCN(CC3C[C@@H]4c5ccccc5Sc5ccccc5[C@H]4O3)CC2)cc1. The van der Waals surface area contributed by atoms with Gasteiger partial charge in [0, 0.05) is 22.3 Å². The average Bonchev–Trinajstić information content (AvgIpc) is 3.19. The van der Waals surface area contributed by atoms with Gasteiger partial charge in [0.2, 0.25) is 0 Å². The van der Waals surface area contributed by atoms with Crippen LogP contribution in [0.4, 0.5) is 0 Å². The molecular formula is C28H29NOS. The molecule has 0 N–H and O–H groups in total. The van der Waals surface area contributed by atoms with E-state index in [0.29, 0.717) is 17.9 Å². The zero-order valence-corrected chi connectivity index (χ0v) is 18.6. The molecule has 6 rings (SSSR count). The second-order valence-corrected chi connectivity index (χ2v) is 10.3. The first-order valence-electron chi connectivity index (χ1n) is 11.6. The maximum Gasteiger partial charge on any atom is 0.0910 e. The lowest BCUT2D eigenvalue weighted by molar-refractivity contribution is 0.0139. The van der Waals surface area contributed by atoms with Gasteiger partial charge in [-0.05, 0) is 67.1 Å². The van der Waals surface area contributed by atoms with Crippen LogP contribution in [-0.4, -0.2) is 30.6 Å². The van der Waals surface area contributed by atoms with E-state index in [4.69, 9.17) is 4.74 Å². The lowest BCUT2D eigenvalue weighted by Crippen LogP contribution is -2.38. The number of likely N-dealkylation sites (tertiary alicyclic amines) is 1. The highest BCUT2D eigenvalue weighted by atomic mass is 32.2. The number of hydrogen-bond acceptors (Lipinski definition) is 3. The van der Waals surface area contributed by atoms with Crippen molar-refractivity contribution in [3.63, 3.8) is 0 Å². The lowest BCUT2D eigenvalue weighted by Gasteiger charge is -2.33. The number of nitrogens with zero attached hydrogens (tertiary/aromatic N) is 1. The molecule has 0 aromatic heterocycles. The predicted molar refractivity (Wildman–Crippen MR) is 127 cm³/mol. The molecule has 3 heterocycles. The van der Waals surface area contributed by atoms with E-state index in [1.807, 2.05) is 11.8 Å². The van der Waals surface area contributed by atoms with Gasteiger partial charge >= 0.3 is 0 Å². The van der Waals surface area contributed by atoms with Crippen LogP contribution in [0.15, 0.2) is 88.7 Å². The van der Waals surface area contributed by atoms with Gasteiger partial charge in [-0.3, -0.25) is 0 Å². The van der Waals surface area contributed by atoms with Gasteiger partial charge in [-0.2, -0.15) is 0 Å². The van der Waals surface area contributed by atoms with Crippen LogP contribution >= 0.6 is 11.8 Å². The molecule has 3 aromatic carbocycles. The van der Waals surface area contributed by atoms with Crippen molar-refractivity contribution < 1.29 is 4.74 Å². The Hall–Kier alpha value is -2.07. The topological polar surface area (TPSA) is 12.5 Å². The minimum Gasteiger partial charge on any atom is -0.368 e. The van der Waals surface area contributed by atoms with Crippen molar-refractivity contribution in [1.82, 2.24) is 4.90 Å². The molecule has 1 unspecified atom stereocenters. The fourth-order valence-corrected chi connectivity index (χ4v) is 6.90. The maximum atomic E-state index is 6.79. The summed E-state index contributed by atoms with van der Waals surface area (Å²) in [6.07, 6.45) is 4.12. The molecule has 3 aliphatic heterocycles. The Morgan fingerprint density at radius 1 is 0.774 bits per heavy atom. The molecule has 0 bridgehead atoms. The lowest BCUT2D eigenvalue weighted by atomic mass is 9.87. The summed E-state index contributed by atoms with van der Waals surface area (Å²) in [5.41, 5.74) is 4.35. The van der Waals surface area contributed by atoms with Gasteiger partial charge in [-0.1, -0.05) is 78.5 Å². The Balaban J connectivity index is 1.17. The van der Waals surface area contributed by atoms with Crippen LogP contribution in [0, 0.1) is 0 Å². The predicted octanol–water partition coefficient (Wildman–Crippen LogP) is 6.64. The second kappa shape index (κ2) is 8.46. The van der Waals surface area contributed by atoms with Gasteiger partial charge in [-0.25, -0.2) is 0 Å². The fraction of sp³-hybridized carbons (Fsp3) is 0.357. The smallest absolute Gasteiger partial charge is 0.0910 e. The quantitative estimate of drug-likeness (QED) is 0.465. The first kappa shape index (κ1) is 19.6. The van der Waals surface area contributed by atoms with Crippen LogP contribution in [-0.2, 0) is 4.74 Å². The summed E-state index contributed by atoms with van der Waals surface area (Å²) in [5, 5.41) is 0. The third-order valence-electron chi connectivity index (χ3n) is 7.31. The molecule has 0 aliphatic carbocycles. The summed E-state index contributed by atoms with van der Waals surface area (Å²) < 4.78 is 6.79. The standard InChI is InChI=1S/C28H29NOS/c1-2-8-20(9-3-1)21-14-16-29(17-15-21)19-22-18-25-23-10-4-6-12-26(23)31-27-13-7-5-11-24(27)28(25)30-22/h1-13,21-22,25,28H,14-19H2/t22?,25-,28-/m1/s1. The van der Waals surface area contributed by atoms with E-state index in [-0.39, 0.29) is 6.10 Å².